The van der Waals surface area contributed by atoms with E-state index in [-0.39, 0.29) is 24.0 Å². The van der Waals surface area contributed by atoms with E-state index >= 15 is 0 Å². The summed E-state index contributed by atoms with van der Waals surface area (Å²) in [7, 11) is 0. The maximum atomic E-state index is 12.4. The number of hydrogen-bond acceptors (Lipinski definition) is 4. The van der Waals surface area contributed by atoms with Gasteiger partial charge in [0.05, 0.1) is 6.04 Å². The van der Waals surface area contributed by atoms with Gasteiger partial charge in [0.25, 0.3) is 0 Å². The van der Waals surface area contributed by atoms with Gasteiger partial charge < -0.3 is 9.84 Å². The lowest BCUT2D eigenvalue weighted by Crippen LogP contribution is -2.45. The fourth-order valence-electron chi connectivity index (χ4n) is 3.02. The number of carbonyl (C=O) groups is 2. The SMILES string of the molecule is CC(C)(C)OC(=O)N1[C@@H]2CCC=C(C(=O)CO)[C@H]1CC2. The molecule has 112 valence electrons. The zero-order valence-corrected chi connectivity index (χ0v) is 12.4. The molecule has 2 aliphatic rings. The van der Waals surface area contributed by atoms with Gasteiger partial charge in [0.1, 0.15) is 12.2 Å². The Bertz CT molecular complexity index is 436. The molecule has 1 fully saturated rings. The molecule has 0 aromatic heterocycles. The van der Waals surface area contributed by atoms with Crippen LogP contribution in [0.2, 0.25) is 0 Å². The van der Waals surface area contributed by atoms with E-state index in [4.69, 9.17) is 9.84 Å². The lowest BCUT2D eigenvalue weighted by molar-refractivity contribution is -0.118. The van der Waals surface area contributed by atoms with Gasteiger partial charge in [-0.3, -0.25) is 9.69 Å². The summed E-state index contributed by atoms with van der Waals surface area (Å²) in [6, 6.07) is -0.105. The number of hydrogen-bond donors (Lipinski definition) is 1. The highest BCUT2D eigenvalue weighted by atomic mass is 16.6. The molecule has 5 nitrogen and oxygen atoms in total. The Kier molecular flexibility index (Phi) is 4.18. The van der Waals surface area contributed by atoms with Crippen LogP contribution in [0, 0.1) is 0 Å². The number of allylic oxidation sites excluding steroid dienone is 1. The largest absolute Gasteiger partial charge is 0.444 e. The highest BCUT2D eigenvalue weighted by Gasteiger charge is 2.43. The standard InChI is InChI=1S/C15H23NO4/c1-15(2,3)20-14(19)16-10-5-4-6-11(13(18)9-17)12(16)8-7-10/h6,10,12,17H,4-5,7-9H2,1-3H3/t10-,12-/m1/s1. The fraction of sp³-hybridized carbons (Fsp3) is 0.733. The van der Waals surface area contributed by atoms with E-state index in [0.29, 0.717) is 5.57 Å². The molecule has 0 aromatic carbocycles. The summed E-state index contributed by atoms with van der Waals surface area (Å²) in [6.45, 7) is 5.00. The average Bonchev–Trinajstić information content (AvgIpc) is 2.63. The summed E-state index contributed by atoms with van der Waals surface area (Å²) in [5.74, 6) is -0.286. The first-order valence-electron chi connectivity index (χ1n) is 7.19. The molecule has 0 spiro atoms. The van der Waals surface area contributed by atoms with Crippen LogP contribution in [0.5, 0.6) is 0 Å². The van der Waals surface area contributed by atoms with E-state index in [2.05, 4.69) is 0 Å². The smallest absolute Gasteiger partial charge is 0.411 e. The molecular formula is C15H23NO4. The van der Waals surface area contributed by atoms with Gasteiger partial charge >= 0.3 is 6.09 Å². The molecule has 2 atom stereocenters. The van der Waals surface area contributed by atoms with Crippen molar-refractivity contribution in [1.29, 1.82) is 0 Å². The summed E-state index contributed by atoms with van der Waals surface area (Å²) in [5, 5.41) is 9.09. The van der Waals surface area contributed by atoms with Gasteiger partial charge in [0, 0.05) is 11.6 Å². The maximum absolute atomic E-state index is 12.4. The highest BCUT2D eigenvalue weighted by molar-refractivity contribution is 5.98. The van der Waals surface area contributed by atoms with Crippen molar-refractivity contribution in [2.45, 2.75) is 64.1 Å². The average molecular weight is 281 g/mol. The highest BCUT2D eigenvalue weighted by Crippen LogP contribution is 2.36. The van der Waals surface area contributed by atoms with E-state index < -0.39 is 12.2 Å². The van der Waals surface area contributed by atoms with Crippen LogP contribution in [0.1, 0.15) is 46.5 Å². The topological polar surface area (TPSA) is 66.8 Å². The zero-order valence-electron chi connectivity index (χ0n) is 12.4. The summed E-state index contributed by atoms with van der Waals surface area (Å²) < 4.78 is 5.46. The van der Waals surface area contributed by atoms with Crippen molar-refractivity contribution in [3.8, 4) is 0 Å². The minimum absolute atomic E-state index is 0.134. The van der Waals surface area contributed by atoms with Crippen molar-refractivity contribution in [2.75, 3.05) is 6.61 Å². The van der Waals surface area contributed by atoms with E-state index in [1.165, 1.54) is 0 Å². The summed E-state index contributed by atoms with van der Waals surface area (Å²) in [5.41, 5.74) is 0.0200. The van der Waals surface area contributed by atoms with E-state index in [1.807, 2.05) is 26.8 Å². The van der Waals surface area contributed by atoms with Gasteiger partial charge in [0.15, 0.2) is 5.78 Å². The Morgan fingerprint density at radius 1 is 1.35 bits per heavy atom. The number of aliphatic hydroxyl groups is 1. The van der Waals surface area contributed by atoms with Crippen LogP contribution in [0.4, 0.5) is 4.79 Å². The second-order valence-electron chi connectivity index (χ2n) is 6.45. The van der Waals surface area contributed by atoms with Crippen LogP contribution < -0.4 is 0 Å². The monoisotopic (exact) mass is 281 g/mol. The van der Waals surface area contributed by atoms with Crippen molar-refractivity contribution in [1.82, 2.24) is 4.90 Å². The molecule has 1 amide bonds. The number of Topliss-reactive ketones (excluding diaryl/α,β-unsaturated/α-hetero) is 1. The van der Waals surface area contributed by atoms with Gasteiger partial charge in [-0.25, -0.2) is 4.79 Å². The molecule has 0 aromatic rings. The van der Waals surface area contributed by atoms with Crippen molar-refractivity contribution < 1.29 is 19.4 Å². The Balaban J connectivity index is 2.23. The van der Waals surface area contributed by atoms with Crippen LogP contribution in [0.25, 0.3) is 0 Å². The second-order valence-corrected chi connectivity index (χ2v) is 6.45. The number of rotatable bonds is 2. The van der Waals surface area contributed by atoms with Crippen LogP contribution in [0.3, 0.4) is 0 Å². The van der Waals surface area contributed by atoms with Gasteiger partial charge in [-0.2, -0.15) is 0 Å². The number of carbonyl (C=O) groups excluding carboxylic acids is 2. The molecule has 0 radical (unpaired) electrons. The Morgan fingerprint density at radius 2 is 2.05 bits per heavy atom. The van der Waals surface area contributed by atoms with Crippen molar-refractivity contribution in [3.05, 3.63) is 11.6 Å². The van der Waals surface area contributed by atoms with Crippen molar-refractivity contribution >= 4 is 11.9 Å². The molecule has 20 heavy (non-hydrogen) atoms. The summed E-state index contributed by atoms with van der Waals surface area (Å²) >= 11 is 0. The number of ether oxygens (including phenoxy) is 1. The molecular weight excluding hydrogens is 258 g/mol. The van der Waals surface area contributed by atoms with Crippen molar-refractivity contribution in [3.63, 3.8) is 0 Å². The number of nitrogens with zero attached hydrogens (tertiary/aromatic N) is 1. The van der Waals surface area contributed by atoms with Crippen LogP contribution in [-0.2, 0) is 9.53 Å². The normalized spacial score (nSPS) is 26.0. The molecule has 0 aliphatic carbocycles. The molecule has 0 saturated carbocycles. The van der Waals surface area contributed by atoms with Gasteiger partial charge in [-0.05, 0) is 46.5 Å². The molecule has 2 heterocycles. The van der Waals surface area contributed by atoms with Gasteiger partial charge in [-0.15, -0.1) is 0 Å². The fourth-order valence-corrected chi connectivity index (χ4v) is 3.02. The van der Waals surface area contributed by atoms with Gasteiger partial charge in [0.2, 0.25) is 0 Å². The van der Waals surface area contributed by atoms with E-state index in [1.54, 1.807) is 4.90 Å². The number of ketones is 1. The molecule has 1 saturated heterocycles. The number of aliphatic hydroxyl groups excluding tert-OH is 1. The molecule has 2 aliphatic heterocycles. The summed E-state index contributed by atoms with van der Waals surface area (Å²) in [6.07, 6.45) is 4.78. The Hall–Kier alpha value is -1.36. The maximum Gasteiger partial charge on any atom is 0.411 e. The second kappa shape index (κ2) is 5.56. The predicted octanol–water partition coefficient (Wildman–Crippen LogP) is 2.04. The third-order valence-electron chi connectivity index (χ3n) is 3.80. The van der Waals surface area contributed by atoms with Crippen molar-refractivity contribution in [2.24, 2.45) is 0 Å². The van der Waals surface area contributed by atoms with E-state index in [0.717, 1.165) is 25.7 Å². The zero-order chi connectivity index (χ0) is 14.9. The minimum Gasteiger partial charge on any atom is -0.444 e. The molecule has 0 unspecified atom stereocenters. The quantitative estimate of drug-likeness (QED) is 0.841. The molecule has 2 bridgehead atoms. The first kappa shape index (κ1) is 15.0. The van der Waals surface area contributed by atoms with Crippen LogP contribution in [-0.4, -0.2) is 46.2 Å². The molecule has 2 rings (SSSR count). The first-order valence-corrected chi connectivity index (χ1v) is 7.19. The Labute approximate surface area is 119 Å². The Morgan fingerprint density at radius 3 is 2.65 bits per heavy atom. The minimum atomic E-state index is -0.548. The predicted molar refractivity (Wildman–Crippen MR) is 74.3 cm³/mol. The molecule has 1 N–H and O–H groups in total. The third kappa shape index (κ3) is 3.03. The molecule has 5 heteroatoms. The van der Waals surface area contributed by atoms with Crippen LogP contribution in [0.15, 0.2) is 11.6 Å². The van der Waals surface area contributed by atoms with E-state index in [9.17, 15) is 9.59 Å². The number of fused-ring (bicyclic) bond motifs is 2. The first-order chi connectivity index (χ1) is 9.33. The summed E-state index contributed by atoms with van der Waals surface area (Å²) in [4.78, 5) is 26.0. The van der Waals surface area contributed by atoms with Gasteiger partial charge in [-0.1, -0.05) is 6.08 Å². The number of amides is 1. The lowest BCUT2D eigenvalue weighted by atomic mass is 9.97. The lowest BCUT2D eigenvalue weighted by Gasteiger charge is -2.32. The third-order valence-corrected chi connectivity index (χ3v) is 3.80. The van der Waals surface area contributed by atoms with Crippen LogP contribution >= 0.6 is 0 Å².